The molecule has 0 spiro atoms. The maximum Gasteiger partial charge on any atom is 0.226 e. The number of carbonyl (C=O) groups is 1. The van der Waals surface area contributed by atoms with E-state index in [4.69, 9.17) is 4.74 Å². The molecule has 1 aliphatic heterocycles. The first-order chi connectivity index (χ1) is 9.63. The minimum atomic E-state index is -0.379. The van der Waals surface area contributed by atoms with Gasteiger partial charge in [-0.15, -0.1) is 0 Å². The van der Waals surface area contributed by atoms with Gasteiger partial charge in [-0.3, -0.25) is 4.79 Å². The lowest BCUT2D eigenvalue weighted by Gasteiger charge is -2.34. The van der Waals surface area contributed by atoms with E-state index in [9.17, 15) is 9.18 Å². The Hall–Kier alpha value is -1.46. The van der Waals surface area contributed by atoms with Crippen LogP contribution in [-0.4, -0.2) is 44.1 Å². The number of hydrogen-bond donors (Lipinski definition) is 1. The lowest BCUT2D eigenvalue weighted by atomic mass is 10.1. The Morgan fingerprint density at radius 2 is 2.30 bits per heavy atom. The first-order valence-electron chi connectivity index (χ1n) is 6.93. The van der Waals surface area contributed by atoms with Gasteiger partial charge < -0.3 is 15.0 Å². The number of rotatable bonds is 4. The molecule has 1 fully saturated rings. The monoisotopic (exact) mass is 280 g/mol. The number of ether oxygens (including phenoxy) is 1. The molecular formula is C15H21FN2O2. The van der Waals surface area contributed by atoms with Crippen molar-refractivity contribution in [3.05, 3.63) is 35.6 Å². The van der Waals surface area contributed by atoms with Gasteiger partial charge in [-0.1, -0.05) is 25.1 Å². The van der Waals surface area contributed by atoms with Crippen LogP contribution in [0.25, 0.3) is 0 Å². The SMILES string of the molecule is CNC[C@@H](C)C(=O)N1CCO[C@H](c2ccccc2F)C1. The first kappa shape index (κ1) is 14.9. The van der Waals surface area contributed by atoms with Crippen molar-refractivity contribution in [3.8, 4) is 0 Å². The van der Waals surface area contributed by atoms with Gasteiger partial charge in [-0.2, -0.15) is 0 Å². The van der Waals surface area contributed by atoms with Crippen molar-refractivity contribution >= 4 is 5.91 Å². The van der Waals surface area contributed by atoms with Crippen LogP contribution in [0.5, 0.6) is 0 Å². The minimum absolute atomic E-state index is 0.0839. The van der Waals surface area contributed by atoms with Gasteiger partial charge in [0.1, 0.15) is 11.9 Å². The number of halogens is 1. The molecule has 1 aromatic rings. The zero-order chi connectivity index (χ0) is 14.5. The molecule has 2 atom stereocenters. The number of amides is 1. The molecule has 2 rings (SSSR count). The fourth-order valence-electron chi connectivity index (χ4n) is 2.48. The van der Waals surface area contributed by atoms with Crippen LogP contribution < -0.4 is 5.32 Å². The summed E-state index contributed by atoms with van der Waals surface area (Å²) in [6, 6.07) is 6.57. The molecule has 0 aliphatic carbocycles. The van der Waals surface area contributed by atoms with Crippen molar-refractivity contribution in [2.45, 2.75) is 13.0 Å². The summed E-state index contributed by atoms with van der Waals surface area (Å²) < 4.78 is 19.4. The van der Waals surface area contributed by atoms with E-state index in [1.807, 2.05) is 14.0 Å². The summed E-state index contributed by atoms with van der Waals surface area (Å²) in [4.78, 5) is 14.1. The van der Waals surface area contributed by atoms with Gasteiger partial charge in [-0.25, -0.2) is 4.39 Å². The summed E-state index contributed by atoms with van der Waals surface area (Å²) in [7, 11) is 1.82. The summed E-state index contributed by atoms with van der Waals surface area (Å²) in [5.74, 6) is -0.279. The average Bonchev–Trinajstić information content (AvgIpc) is 2.47. The van der Waals surface area contributed by atoms with Crippen molar-refractivity contribution in [3.63, 3.8) is 0 Å². The van der Waals surface area contributed by atoms with Crippen LogP contribution in [0.3, 0.4) is 0 Å². The van der Waals surface area contributed by atoms with Gasteiger partial charge in [0.05, 0.1) is 13.2 Å². The van der Waals surface area contributed by atoms with Crippen molar-refractivity contribution in [2.24, 2.45) is 5.92 Å². The molecular weight excluding hydrogens is 259 g/mol. The van der Waals surface area contributed by atoms with E-state index >= 15 is 0 Å². The predicted octanol–water partition coefficient (Wildman–Crippen LogP) is 1.58. The second-order valence-corrected chi connectivity index (χ2v) is 5.12. The molecule has 1 aromatic carbocycles. The Balaban J connectivity index is 2.05. The second-order valence-electron chi connectivity index (χ2n) is 5.12. The normalized spacial score (nSPS) is 20.8. The third-order valence-corrected chi connectivity index (χ3v) is 3.56. The van der Waals surface area contributed by atoms with Crippen LogP contribution in [0, 0.1) is 11.7 Å². The number of nitrogens with zero attached hydrogens (tertiary/aromatic N) is 1. The molecule has 1 saturated heterocycles. The standard InChI is InChI=1S/C15H21FN2O2/c1-11(9-17-2)15(19)18-7-8-20-14(10-18)12-5-3-4-6-13(12)16/h3-6,11,14,17H,7-10H2,1-2H3/t11-,14+/m1/s1. The van der Waals surface area contributed by atoms with Gasteiger partial charge in [0.15, 0.2) is 0 Å². The average molecular weight is 280 g/mol. The molecule has 1 amide bonds. The molecule has 4 nitrogen and oxygen atoms in total. The van der Waals surface area contributed by atoms with Crippen molar-refractivity contribution in [1.82, 2.24) is 10.2 Å². The number of hydrogen-bond acceptors (Lipinski definition) is 3. The summed E-state index contributed by atoms with van der Waals surface area (Å²) in [5.41, 5.74) is 0.520. The maximum absolute atomic E-state index is 13.8. The van der Waals surface area contributed by atoms with E-state index in [2.05, 4.69) is 5.32 Å². The molecule has 1 aliphatic rings. The zero-order valence-electron chi connectivity index (χ0n) is 11.9. The fourth-order valence-corrected chi connectivity index (χ4v) is 2.48. The van der Waals surface area contributed by atoms with Crippen LogP contribution in [0.4, 0.5) is 4.39 Å². The largest absolute Gasteiger partial charge is 0.370 e. The van der Waals surface area contributed by atoms with Crippen molar-refractivity contribution in [2.75, 3.05) is 33.3 Å². The second kappa shape index (κ2) is 6.81. The Bertz CT molecular complexity index is 467. The van der Waals surface area contributed by atoms with Gasteiger partial charge in [0.2, 0.25) is 5.91 Å². The molecule has 110 valence electrons. The van der Waals surface area contributed by atoms with Crippen LogP contribution in [0.2, 0.25) is 0 Å². The third kappa shape index (κ3) is 3.35. The Morgan fingerprint density at radius 1 is 1.55 bits per heavy atom. The fraction of sp³-hybridized carbons (Fsp3) is 0.533. The van der Waals surface area contributed by atoms with Crippen LogP contribution in [0.15, 0.2) is 24.3 Å². The first-order valence-corrected chi connectivity index (χ1v) is 6.93. The molecule has 5 heteroatoms. The summed E-state index contributed by atoms with van der Waals surface area (Å²) in [5, 5.41) is 3.00. The van der Waals surface area contributed by atoms with Gasteiger partial charge in [0, 0.05) is 24.6 Å². The van der Waals surface area contributed by atoms with Crippen LogP contribution in [0.1, 0.15) is 18.6 Å². The maximum atomic E-state index is 13.8. The molecule has 1 N–H and O–H groups in total. The lowest BCUT2D eigenvalue weighted by molar-refractivity contribution is -0.142. The van der Waals surface area contributed by atoms with E-state index < -0.39 is 0 Å². The predicted molar refractivity (Wildman–Crippen MR) is 74.8 cm³/mol. The quantitative estimate of drug-likeness (QED) is 0.910. The number of nitrogens with one attached hydrogen (secondary N) is 1. The third-order valence-electron chi connectivity index (χ3n) is 3.56. The van der Waals surface area contributed by atoms with Crippen LogP contribution >= 0.6 is 0 Å². The van der Waals surface area contributed by atoms with Crippen molar-refractivity contribution < 1.29 is 13.9 Å². The molecule has 0 unspecified atom stereocenters. The molecule has 1 heterocycles. The van der Waals surface area contributed by atoms with E-state index in [-0.39, 0.29) is 23.7 Å². The summed E-state index contributed by atoms with van der Waals surface area (Å²) in [6.45, 7) is 3.95. The number of carbonyl (C=O) groups excluding carboxylic acids is 1. The van der Waals surface area contributed by atoms with Gasteiger partial charge in [0.25, 0.3) is 0 Å². The molecule has 0 radical (unpaired) electrons. The summed E-state index contributed by atoms with van der Waals surface area (Å²) in [6.07, 6.45) is -0.379. The highest BCUT2D eigenvalue weighted by atomic mass is 19.1. The van der Waals surface area contributed by atoms with Crippen LogP contribution in [-0.2, 0) is 9.53 Å². The molecule has 0 bridgehead atoms. The highest BCUT2D eigenvalue weighted by molar-refractivity contribution is 5.78. The van der Waals surface area contributed by atoms with E-state index in [1.54, 1.807) is 23.1 Å². The Kier molecular flexibility index (Phi) is 5.09. The highest BCUT2D eigenvalue weighted by Crippen LogP contribution is 2.25. The topological polar surface area (TPSA) is 41.6 Å². The van der Waals surface area contributed by atoms with E-state index in [0.29, 0.717) is 31.8 Å². The van der Waals surface area contributed by atoms with Gasteiger partial charge >= 0.3 is 0 Å². The Morgan fingerprint density at radius 3 is 3.00 bits per heavy atom. The zero-order valence-corrected chi connectivity index (χ0v) is 11.9. The van der Waals surface area contributed by atoms with Gasteiger partial charge in [-0.05, 0) is 13.1 Å². The number of benzene rings is 1. The summed E-state index contributed by atoms with van der Waals surface area (Å²) >= 11 is 0. The molecule has 20 heavy (non-hydrogen) atoms. The van der Waals surface area contributed by atoms with E-state index in [0.717, 1.165) is 0 Å². The lowest BCUT2D eigenvalue weighted by Crippen LogP contribution is -2.46. The smallest absolute Gasteiger partial charge is 0.226 e. The molecule has 0 aromatic heterocycles. The van der Waals surface area contributed by atoms with E-state index in [1.165, 1.54) is 6.07 Å². The minimum Gasteiger partial charge on any atom is -0.370 e. The van der Waals surface area contributed by atoms with Crippen molar-refractivity contribution in [1.29, 1.82) is 0 Å². The Labute approximate surface area is 118 Å². The molecule has 0 saturated carbocycles. The number of morpholine rings is 1. The highest BCUT2D eigenvalue weighted by Gasteiger charge is 2.28.